The van der Waals surface area contributed by atoms with Gasteiger partial charge in [0.15, 0.2) is 0 Å². The van der Waals surface area contributed by atoms with Gasteiger partial charge in [0.25, 0.3) is 0 Å². The zero-order chi connectivity index (χ0) is 26.4. The van der Waals surface area contributed by atoms with Crippen molar-refractivity contribution >= 4 is 16.8 Å². The van der Waals surface area contributed by atoms with Crippen molar-refractivity contribution in [2.45, 2.75) is 64.5 Å². The number of nitrogens with one attached hydrogen (secondary N) is 1. The molecule has 2 aliphatic heterocycles. The van der Waals surface area contributed by atoms with E-state index in [1.165, 1.54) is 18.6 Å². The van der Waals surface area contributed by atoms with Crippen LogP contribution in [0.4, 0.5) is 8.78 Å². The second kappa shape index (κ2) is 10.3. The molecule has 0 unspecified atom stereocenters. The first kappa shape index (κ1) is 25.4. The molecule has 1 aliphatic carbocycles. The fourth-order valence-electron chi connectivity index (χ4n) is 6.50. The number of para-hydroxylation sites is 1. The Hall–Kier alpha value is -2.93. The summed E-state index contributed by atoms with van der Waals surface area (Å²) >= 11 is 0. The standard InChI is InChI=1S/C31H37F2N3O2/c1-3-20-17-35(18-20)11-12-38-22-15-25(32)29(26(33)16-22)31-30-24(23-9-4-5-10-27(23)34-30)13-19(2)36(31)28(37)14-21-7-6-8-21/h4-5,9-10,15-16,19-21,31,34H,3,6-8,11-14,17-18H2,1-2H3/t19-,31-/m1/s1. The van der Waals surface area contributed by atoms with Gasteiger partial charge >= 0.3 is 0 Å². The van der Waals surface area contributed by atoms with Crippen LogP contribution in [0.15, 0.2) is 36.4 Å². The first-order valence-corrected chi connectivity index (χ1v) is 14.2. The number of halogens is 2. The fraction of sp³-hybridized carbons (Fsp3) is 0.516. The Kier molecular flexibility index (Phi) is 6.89. The second-order valence-corrected chi connectivity index (χ2v) is 11.5. The van der Waals surface area contributed by atoms with Gasteiger partial charge in [-0.1, -0.05) is 38.0 Å². The Morgan fingerprint density at radius 2 is 1.84 bits per heavy atom. The average Bonchev–Trinajstić information content (AvgIpc) is 3.20. The molecule has 0 bridgehead atoms. The Balaban J connectivity index is 1.32. The number of carbonyl (C=O) groups is 1. The molecule has 202 valence electrons. The van der Waals surface area contributed by atoms with Crippen LogP contribution in [0.3, 0.4) is 0 Å². The van der Waals surface area contributed by atoms with Gasteiger partial charge in [0.2, 0.25) is 5.91 Å². The van der Waals surface area contributed by atoms with Gasteiger partial charge in [0.05, 0.1) is 5.56 Å². The largest absolute Gasteiger partial charge is 0.492 e. The van der Waals surface area contributed by atoms with Crippen LogP contribution in [0, 0.1) is 23.5 Å². The van der Waals surface area contributed by atoms with E-state index in [2.05, 4.69) is 16.8 Å². The van der Waals surface area contributed by atoms with Crippen molar-refractivity contribution in [3.05, 3.63) is 64.9 Å². The second-order valence-electron chi connectivity index (χ2n) is 11.5. The molecule has 1 saturated carbocycles. The summed E-state index contributed by atoms with van der Waals surface area (Å²) in [6.07, 6.45) is 5.48. The molecule has 2 aromatic carbocycles. The number of likely N-dealkylation sites (tertiary alicyclic amines) is 1. The molecule has 3 aromatic rings. The fourth-order valence-corrected chi connectivity index (χ4v) is 6.50. The number of benzene rings is 2. The summed E-state index contributed by atoms with van der Waals surface area (Å²) in [6.45, 7) is 7.41. The van der Waals surface area contributed by atoms with Crippen LogP contribution in [0.5, 0.6) is 5.75 Å². The lowest BCUT2D eigenvalue weighted by Gasteiger charge is -2.42. The Morgan fingerprint density at radius 1 is 1.11 bits per heavy atom. The normalized spacial score (nSPS) is 22.3. The molecule has 2 fully saturated rings. The molecule has 7 heteroatoms. The maximum absolute atomic E-state index is 15.8. The molecule has 6 rings (SSSR count). The predicted octanol–water partition coefficient (Wildman–Crippen LogP) is 6.22. The van der Waals surface area contributed by atoms with Crippen LogP contribution in [-0.4, -0.2) is 53.0 Å². The van der Waals surface area contributed by atoms with E-state index in [1.807, 2.05) is 31.2 Å². The maximum atomic E-state index is 15.8. The zero-order valence-electron chi connectivity index (χ0n) is 22.3. The molecule has 0 spiro atoms. The van der Waals surface area contributed by atoms with E-state index < -0.39 is 17.7 Å². The molecule has 0 radical (unpaired) electrons. The smallest absolute Gasteiger partial charge is 0.223 e. The molecular weight excluding hydrogens is 484 g/mol. The van der Waals surface area contributed by atoms with Gasteiger partial charge in [0, 0.05) is 60.8 Å². The minimum absolute atomic E-state index is 0.0319. The molecule has 5 nitrogen and oxygen atoms in total. The van der Waals surface area contributed by atoms with Gasteiger partial charge in [-0.3, -0.25) is 9.69 Å². The number of hydrogen-bond donors (Lipinski definition) is 1. The van der Waals surface area contributed by atoms with Crippen LogP contribution in [0.1, 0.15) is 68.8 Å². The van der Waals surface area contributed by atoms with E-state index in [0.29, 0.717) is 31.1 Å². The molecule has 38 heavy (non-hydrogen) atoms. The third-order valence-corrected chi connectivity index (χ3v) is 8.96. The van der Waals surface area contributed by atoms with Crippen molar-refractivity contribution in [1.82, 2.24) is 14.8 Å². The molecule has 1 N–H and O–H groups in total. The number of aromatic nitrogens is 1. The van der Waals surface area contributed by atoms with E-state index in [4.69, 9.17) is 4.74 Å². The SMILES string of the molecule is CCC1CN(CCOc2cc(F)c([C@@H]3c4[nH]c5ccccc5c4C[C@@H](C)N3C(=O)CC3CCC3)c(F)c2)C1. The van der Waals surface area contributed by atoms with Crippen LogP contribution < -0.4 is 4.74 Å². The number of aromatic amines is 1. The number of nitrogens with zero attached hydrogens (tertiary/aromatic N) is 2. The Labute approximate surface area is 223 Å². The Morgan fingerprint density at radius 3 is 2.53 bits per heavy atom. The first-order chi connectivity index (χ1) is 18.4. The third-order valence-electron chi connectivity index (χ3n) is 8.96. The minimum Gasteiger partial charge on any atom is -0.492 e. The van der Waals surface area contributed by atoms with Crippen LogP contribution >= 0.6 is 0 Å². The highest BCUT2D eigenvalue weighted by Gasteiger charge is 2.42. The first-order valence-electron chi connectivity index (χ1n) is 14.2. The highest BCUT2D eigenvalue weighted by atomic mass is 19.1. The van der Waals surface area contributed by atoms with E-state index >= 15 is 8.78 Å². The van der Waals surface area contributed by atoms with Gasteiger partial charge < -0.3 is 14.6 Å². The van der Waals surface area contributed by atoms with Gasteiger partial charge in [-0.15, -0.1) is 0 Å². The lowest BCUT2D eigenvalue weighted by atomic mass is 9.81. The highest BCUT2D eigenvalue weighted by Crippen LogP contribution is 2.44. The van der Waals surface area contributed by atoms with Gasteiger partial charge in [-0.2, -0.15) is 0 Å². The topological polar surface area (TPSA) is 48.6 Å². The van der Waals surface area contributed by atoms with Crippen LogP contribution in [0.2, 0.25) is 0 Å². The third kappa shape index (κ3) is 4.59. The summed E-state index contributed by atoms with van der Waals surface area (Å²) in [5.41, 5.74) is 2.57. The minimum atomic E-state index is -0.852. The quantitative estimate of drug-likeness (QED) is 0.383. The van der Waals surface area contributed by atoms with E-state index in [-0.39, 0.29) is 23.3 Å². The highest BCUT2D eigenvalue weighted by molar-refractivity contribution is 5.87. The summed E-state index contributed by atoms with van der Waals surface area (Å²) in [7, 11) is 0. The van der Waals surface area contributed by atoms with Gasteiger partial charge in [0.1, 0.15) is 30.0 Å². The molecule has 3 aliphatic rings. The molecule has 1 aromatic heterocycles. The van der Waals surface area contributed by atoms with Crippen molar-refractivity contribution in [2.24, 2.45) is 11.8 Å². The lowest BCUT2D eigenvalue weighted by Crippen LogP contribution is -2.47. The number of H-pyrrole nitrogens is 1. The maximum Gasteiger partial charge on any atom is 0.223 e. The summed E-state index contributed by atoms with van der Waals surface area (Å²) in [5.74, 6) is -0.101. The summed E-state index contributed by atoms with van der Waals surface area (Å²) in [4.78, 5) is 21.1. The lowest BCUT2D eigenvalue weighted by molar-refractivity contribution is -0.137. The Bertz CT molecular complexity index is 1300. The van der Waals surface area contributed by atoms with Gasteiger partial charge in [-0.25, -0.2) is 8.78 Å². The molecule has 1 saturated heterocycles. The van der Waals surface area contributed by atoms with E-state index in [1.54, 1.807) is 4.90 Å². The molecular formula is C31H37F2N3O2. The molecule has 3 heterocycles. The number of hydrogen-bond acceptors (Lipinski definition) is 3. The van der Waals surface area contributed by atoms with Crippen molar-refractivity contribution in [2.75, 3.05) is 26.2 Å². The van der Waals surface area contributed by atoms with Crippen LogP contribution in [0.25, 0.3) is 10.9 Å². The summed E-state index contributed by atoms with van der Waals surface area (Å²) < 4.78 is 37.4. The summed E-state index contributed by atoms with van der Waals surface area (Å²) in [5, 5.41) is 1.04. The van der Waals surface area contributed by atoms with Crippen LogP contribution in [-0.2, 0) is 11.2 Å². The monoisotopic (exact) mass is 521 g/mol. The van der Waals surface area contributed by atoms with Crippen molar-refractivity contribution in [3.63, 3.8) is 0 Å². The summed E-state index contributed by atoms with van der Waals surface area (Å²) in [6, 6.07) is 9.44. The number of fused-ring (bicyclic) bond motifs is 3. The molecule has 2 atom stereocenters. The molecule has 1 amide bonds. The van der Waals surface area contributed by atoms with Crippen molar-refractivity contribution < 1.29 is 18.3 Å². The van der Waals surface area contributed by atoms with E-state index in [0.717, 1.165) is 61.3 Å². The van der Waals surface area contributed by atoms with E-state index in [9.17, 15) is 4.79 Å². The average molecular weight is 522 g/mol. The number of rotatable bonds is 8. The van der Waals surface area contributed by atoms with Gasteiger partial charge in [-0.05, 0) is 49.7 Å². The predicted molar refractivity (Wildman–Crippen MR) is 144 cm³/mol. The number of carbonyl (C=O) groups excluding carboxylic acids is 1. The van der Waals surface area contributed by atoms with Crippen molar-refractivity contribution in [1.29, 1.82) is 0 Å². The number of ether oxygens (including phenoxy) is 1. The number of amides is 1. The zero-order valence-corrected chi connectivity index (χ0v) is 22.3. The van der Waals surface area contributed by atoms with Crippen molar-refractivity contribution in [3.8, 4) is 5.75 Å².